The molecule has 1 heterocycles. The summed E-state index contributed by atoms with van der Waals surface area (Å²) in [7, 11) is 0. The van der Waals surface area contributed by atoms with Crippen molar-refractivity contribution in [2.24, 2.45) is 16.5 Å². The van der Waals surface area contributed by atoms with Gasteiger partial charge in [-0.3, -0.25) is 49.2 Å². The van der Waals surface area contributed by atoms with Gasteiger partial charge in [-0.2, -0.15) is 0 Å². The quantitative estimate of drug-likeness (QED) is 0.0174. The number of likely N-dealkylation sites (tertiary alicyclic amines) is 1. The highest BCUT2D eigenvalue weighted by atomic mass is 16.6. The molecule has 3 aromatic carbocycles. The van der Waals surface area contributed by atoms with Crippen LogP contribution in [0.25, 0.3) is 0 Å². The molecule has 23 nitrogen and oxygen atoms in total. The maximum Gasteiger partial charge on any atom is 0.326 e. The number of unbranched alkanes of at least 4 members (excludes halogenated alkanes) is 1. The fourth-order valence-corrected chi connectivity index (χ4v) is 6.69. The summed E-state index contributed by atoms with van der Waals surface area (Å²) in [6.07, 6.45) is 1.45. The first-order chi connectivity index (χ1) is 30.4. The number of non-ortho nitro benzene ring substituents is 1. The summed E-state index contributed by atoms with van der Waals surface area (Å²) < 4.78 is 0. The third-order valence-electron chi connectivity index (χ3n) is 9.75. The molecule has 4 rings (SSSR count). The van der Waals surface area contributed by atoms with Crippen molar-refractivity contribution in [3.8, 4) is 0 Å². The number of nitro benzene ring substituents is 2. The number of benzene rings is 3. The minimum absolute atomic E-state index is 0.00764. The number of nitrogens with two attached hydrogens (primary N) is 3. The zero-order chi connectivity index (χ0) is 47.3. The van der Waals surface area contributed by atoms with Gasteiger partial charge in [-0.1, -0.05) is 42.5 Å². The number of carboxylic acids is 2. The molecule has 0 aliphatic carbocycles. The van der Waals surface area contributed by atoms with Crippen LogP contribution in [0.5, 0.6) is 0 Å². The van der Waals surface area contributed by atoms with Crippen LogP contribution in [-0.4, -0.2) is 110 Å². The van der Waals surface area contributed by atoms with Crippen molar-refractivity contribution in [1.29, 1.82) is 0 Å². The van der Waals surface area contributed by atoms with Gasteiger partial charge in [0.1, 0.15) is 29.9 Å². The van der Waals surface area contributed by atoms with Gasteiger partial charge in [0.15, 0.2) is 5.96 Å². The van der Waals surface area contributed by atoms with Crippen LogP contribution >= 0.6 is 0 Å². The Balaban J connectivity index is 0.00000261. The Morgan fingerprint density at radius 2 is 1.45 bits per heavy atom. The third-order valence-corrected chi connectivity index (χ3v) is 9.75. The van der Waals surface area contributed by atoms with E-state index in [-0.39, 0.29) is 81.1 Å². The molecule has 1 fully saturated rings. The van der Waals surface area contributed by atoms with E-state index in [0.29, 0.717) is 18.4 Å². The highest BCUT2D eigenvalue weighted by Gasteiger charge is 2.38. The highest BCUT2D eigenvalue weighted by molar-refractivity contribution is 6.02. The molecule has 0 aromatic heterocycles. The predicted octanol–water partition coefficient (Wildman–Crippen LogP) is 1.90. The van der Waals surface area contributed by atoms with E-state index in [4.69, 9.17) is 27.1 Å². The molecule has 4 atom stereocenters. The van der Waals surface area contributed by atoms with E-state index in [0.717, 1.165) is 19.1 Å². The van der Waals surface area contributed by atoms with Crippen LogP contribution in [0.4, 0.5) is 22.7 Å². The lowest BCUT2D eigenvalue weighted by molar-refractivity contribution is -0.393. The number of amides is 4. The second-order valence-corrected chi connectivity index (χ2v) is 14.6. The molecule has 23 heteroatoms. The number of hydrogen-bond acceptors (Lipinski definition) is 13. The zero-order valence-electron chi connectivity index (χ0n) is 35.0. The molecule has 3 aromatic rings. The molecule has 0 bridgehead atoms. The van der Waals surface area contributed by atoms with Crippen molar-refractivity contribution < 1.29 is 48.8 Å². The van der Waals surface area contributed by atoms with Crippen LogP contribution in [0.1, 0.15) is 67.8 Å². The number of carboxylic acid groups (broad SMARTS) is 2. The minimum atomic E-state index is -1.28. The van der Waals surface area contributed by atoms with Gasteiger partial charge in [-0.05, 0) is 68.7 Å². The van der Waals surface area contributed by atoms with Crippen LogP contribution in [0, 0.1) is 20.2 Å². The molecule has 4 amide bonds. The lowest BCUT2D eigenvalue weighted by atomic mass is 10.0. The summed E-state index contributed by atoms with van der Waals surface area (Å²) in [5, 5.41) is 51.0. The van der Waals surface area contributed by atoms with Crippen LogP contribution in [0.2, 0.25) is 0 Å². The predicted molar refractivity (Wildman–Crippen MR) is 234 cm³/mol. The Kier molecular flexibility index (Phi) is 19.9. The van der Waals surface area contributed by atoms with Crippen molar-refractivity contribution >= 4 is 64.3 Å². The van der Waals surface area contributed by atoms with E-state index in [1.54, 1.807) is 42.5 Å². The summed E-state index contributed by atoms with van der Waals surface area (Å²) in [5.41, 5.74) is 17.1. The number of aliphatic imine (C=N–C) groups is 1. The first-order valence-electron chi connectivity index (χ1n) is 20.1. The first kappa shape index (κ1) is 50.5. The number of nitrogens with zero attached hydrogens (tertiary/aromatic N) is 4. The number of nitrogen functional groups attached to an aromatic ring is 1. The van der Waals surface area contributed by atoms with Crippen LogP contribution in [0.15, 0.2) is 77.8 Å². The number of nitro groups is 2. The molecule has 1 aliphatic heterocycles. The third kappa shape index (κ3) is 16.2. The molecule has 0 saturated carbocycles. The lowest BCUT2D eigenvalue weighted by Crippen LogP contribution is -2.58. The largest absolute Gasteiger partial charge is 0.481 e. The number of guanidine groups is 1. The number of hydrogen-bond donors (Lipinski definition) is 9. The standard InChI is InChI=1S/C39H49N11O10.C2H4O2/c40-27-13-5-4-12-26(27)34(51)47-31(22-24-10-2-1-3-11-24)36(53)45-29(15-8-20-44-39(41)42)35(52)46-30(37(54)48-21-9-16-32(48)38(55)56)14-6-7-19-43-28-18-17-25(49(57)58)23-33(28)50(59)60;1-2(3)4/h1-5,10-13,17-18,23,29-32,43H,6-9,14-16,19-22,40H2,(H,45,53)(H,46,52)(H,47,51)(H,55,56)(H4,41,42,44);1H3,(H,3,4). The van der Waals surface area contributed by atoms with E-state index in [1.165, 1.54) is 23.1 Å². The summed E-state index contributed by atoms with van der Waals surface area (Å²) in [4.78, 5) is 103. The van der Waals surface area contributed by atoms with E-state index >= 15 is 0 Å². The Labute approximate surface area is 367 Å². The minimum Gasteiger partial charge on any atom is -0.481 e. The summed E-state index contributed by atoms with van der Waals surface area (Å²) in [6, 6.07) is 13.5. The molecule has 64 heavy (non-hydrogen) atoms. The summed E-state index contributed by atoms with van der Waals surface area (Å²) in [5.74, 6) is -4.98. The van der Waals surface area contributed by atoms with Gasteiger partial charge >= 0.3 is 5.97 Å². The van der Waals surface area contributed by atoms with Crippen molar-refractivity contribution in [3.05, 3.63) is 104 Å². The van der Waals surface area contributed by atoms with Crippen molar-refractivity contribution in [2.75, 3.05) is 30.7 Å². The Morgan fingerprint density at radius 3 is 2.08 bits per heavy atom. The Bertz CT molecular complexity index is 2160. The van der Waals surface area contributed by atoms with E-state index in [9.17, 15) is 49.3 Å². The maximum absolute atomic E-state index is 14.1. The molecule has 1 saturated heterocycles. The number of para-hydroxylation sites is 1. The van der Waals surface area contributed by atoms with Gasteiger partial charge in [-0.25, -0.2) is 4.79 Å². The number of rotatable bonds is 22. The normalized spacial score (nSPS) is 14.3. The van der Waals surface area contributed by atoms with Crippen LogP contribution in [-0.2, 0) is 30.4 Å². The first-order valence-corrected chi connectivity index (χ1v) is 20.1. The maximum atomic E-state index is 14.1. The van der Waals surface area contributed by atoms with Crippen molar-refractivity contribution in [2.45, 2.75) is 82.5 Å². The summed E-state index contributed by atoms with van der Waals surface area (Å²) >= 11 is 0. The average Bonchev–Trinajstić information content (AvgIpc) is 3.74. The molecule has 4 unspecified atom stereocenters. The van der Waals surface area contributed by atoms with Gasteiger partial charge in [0.2, 0.25) is 17.7 Å². The number of carbonyl (C=O) groups excluding carboxylic acids is 4. The zero-order valence-corrected chi connectivity index (χ0v) is 35.0. The monoisotopic (exact) mass is 891 g/mol. The van der Waals surface area contributed by atoms with E-state index < -0.39 is 81.0 Å². The van der Waals surface area contributed by atoms with Gasteiger partial charge in [0, 0.05) is 44.7 Å². The second-order valence-electron chi connectivity index (χ2n) is 14.6. The fourth-order valence-electron chi connectivity index (χ4n) is 6.69. The smallest absolute Gasteiger partial charge is 0.326 e. The lowest BCUT2D eigenvalue weighted by Gasteiger charge is -2.29. The van der Waals surface area contributed by atoms with Crippen molar-refractivity contribution in [1.82, 2.24) is 20.9 Å². The van der Waals surface area contributed by atoms with Crippen LogP contribution in [0.3, 0.4) is 0 Å². The van der Waals surface area contributed by atoms with Gasteiger partial charge in [0.25, 0.3) is 23.3 Å². The molecule has 1 aliphatic rings. The second kappa shape index (κ2) is 25.2. The molecule has 12 N–H and O–H groups in total. The number of anilines is 2. The fraction of sp³-hybridized carbons (Fsp3) is 0.390. The molecule has 0 radical (unpaired) electrons. The molecule has 0 spiro atoms. The SMILES string of the molecule is CC(=O)O.NC(N)=NCCCC(NC(=O)C(Cc1ccccc1)NC(=O)c1ccccc1N)C(=O)NC(CCCCNc1ccc([N+](=O)[O-])cc1[N+](=O)[O-])C(=O)N1CCCC1C(=O)O. The topological polar surface area (TPSA) is 371 Å². The number of nitrogens with one attached hydrogen (secondary N) is 4. The van der Waals surface area contributed by atoms with Gasteiger partial charge < -0.3 is 53.6 Å². The molecular weight excluding hydrogens is 839 g/mol. The molecular formula is C41H53N11O12. The van der Waals surface area contributed by atoms with E-state index in [2.05, 4.69) is 26.3 Å². The molecule has 344 valence electrons. The summed E-state index contributed by atoms with van der Waals surface area (Å²) in [6.45, 7) is 1.45. The highest BCUT2D eigenvalue weighted by Crippen LogP contribution is 2.29. The Hall–Kier alpha value is -7.85. The van der Waals surface area contributed by atoms with Gasteiger partial charge in [0.05, 0.1) is 21.5 Å². The van der Waals surface area contributed by atoms with Crippen LogP contribution < -0.4 is 38.5 Å². The number of carbonyl (C=O) groups is 6. The van der Waals surface area contributed by atoms with Crippen molar-refractivity contribution in [3.63, 3.8) is 0 Å². The van der Waals surface area contributed by atoms with Gasteiger partial charge in [-0.15, -0.1) is 0 Å². The number of aliphatic carboxylic acids is 2. The average molecular weight is 892 g/mol. The van der Waals surface area contributed by atoms with E-state index in [1.807, 2.05) is 0 Å². The Morgan fingerprint density at radius 1 is 0.828 bits per heavy atom.